The molecule has 3 nitrogen and oxygen atoms in total. The van der Waals surface area contributed by atoms with Crippen molar-refractivity contribution in [2.75, 3.05) is 5.32 Å². The zero-order valence-corrected chi connectivity index (χ0v) is 8.78. The third kappa shape index (κ3) is 2.18. The van der Waals surface area contributed by atoms with Gasteiger partial charge in [-0.1, -0.05) is 0 Å². The Bertz CT molecular complexity index is 528. The van der Waals surface area contributed by atoms with Crippen LogP contribution in [0.5, 0.6) is 0 Å². The van der Waals surface area contributed by atoms with Crippen molar-refractivity contribution in [2.24, 2.45) is 0 Å². The normalized spacial score (nSPS) is 10.9. The third-order valence-electron chi connectivity index (χ3n) is 2.07. The maximum atomic E-state index is 11.0. The lowest BCUT2D eigenvalue weighted by Gasteiger charge is -2.09. The lowest BCUT2D eigenvalue weighted by Crippen LogP contribution is -2.09. The summed E-state index contributed by atoms with van der Waals surface area (Å²) in [6, 6.07) is 9.28. The van der Waals surface area contributed by atoms with Gasteiger partial charge in [-0.15, -0.1) is 0 Å². The molecule has 78 valence electrons. The summed E-state index contributed by atoms with van der Waals surface area (Å²) in [4.78, 5) is 11.0. The first-order chi connectivity index (χ1) is 7.15. The van der Waals surface area contributed by atoms with Gasteiger partial charge in [0.2, 0.25) is 0 Å². The van der Waals surface area contributed by atoms with Crippen molar-refractivity contribution in [1.29, 1.82) is 0 Å². The smallest absolute Gasteiger partial charge is 0.336 e. The molecule has 0 saturated carbocycles. The molecule has 1 N–H and O–H groups in total. The van der Waals surface area contributed by atoms with Crippen molar-refractivity contribution in [3.63, 3.8) is 0 Å². The van der Waals surface area contributed by atoms with Gasteiger partial charge >= 0.3 is 5.63 Å². The van der Waals surface area contributed by atoms with Gasteiger partial charge in [0.1, 0.15) is 5.58 Å². The fourth-order valence-electron chi connectivity index (χ4n) is 1.49. The maximum Gasteiger partial charge on any atom is 0.336 e. The number of hydrogen-bond acceptors (Lipinski definition) is 3. The van der Waals surface area contributed by atoms with Crippen molar-refractivity contribution in [2.45, 2.75) is 19.9 Å². The van der Waals surface area contributed by atoms with Crippen LogP contribution in [-0.4, -0.2) is 6.04 Å². The van der Waals surface area contributed by atoms with E-state index in [1.54, 1.807) is 12.1 Å². The van der Waals surface area contributed by atoms with Crippen molar-refractivity contribution in [3.8, 4) is 0 Å². The number of benzene rings is 1. The summed E-state index contributed by atoms with van der Waals surface area (Å²) in [5.74, 6) is 0. The number of rotatable bonds is 2. The van der Waals surface area contributed by atoms with Crippen LogP contribution >= 0.6 is 0 Å². The SMILES string of the molecule is CC(C)Nc1ccc2oc(=O)ccc2c1. The summed E-state index contributed by atoms with van der Waals surface area (Å²) >= 11 is 0. The Labute approximate surface area is 87.7 Å². The number of hydrogen-bond donors (Lipinski definition) is 1. The van der Waals surface area contributed by atoms with Crippen LogP contribution in [0.3, 0.4) is 0 Å². The van der Waals surface area contributed by atoms with Crippen LogP contribution < -0.4 is 10.9 Å². The molecule has 1 heterocycles. The molecular weight excluding hydrogens is 190 g/mol. The van der Waals surface area contributed by atoms with Crippen molar-refractivity contribution < 1.29 is 4.42 Å². The van der Waals surface area contributed by atoms with Gasteiger partial charge in [0, 0.05) is 23.2 Å². The lowest BCUT2D eigenvalue weighted by molar-refractivity contribution is 0.561. The number of nitrogens with one attached hydrogen (secondary N) is 1. The van der Waals surface area contributed by atoms with Crippen LogP contribution in [0.15, 0.2) is 39.5 Å². The van der Waals surface area contributed by atoms with E-state index in [-0.39, 0.29) is 5.63 Å². The van der Waals surface area contributed by atoms with Gasteiger partial charge in [-0.25, -0.2) is 4.79 Å². The van der Waals surface area contributed by atoms with E-state index in [1.807, 2.05) is 12.1 Å². The van der Waals surface area contributed by atoms with E-state index in [9.17, 15) is 4.79 Å². The predicted molar refractivity (Wildman–Crippen MR) is 61.2 cm³/mol. The lowest BCUT2D eigenvalue weighted by atomic mass is 10.2. The van der Waals surface area contributed by atoms with Gasteiger partial charge in [0.25, 0.3) is 0 Å². The summed E-state index contributed by atoms with van der Waals surface area (Å²) in [7, 11) is 0. The first kappa shape index (κ1) is 9.77. The van der Waals surface area contributed by atoms with Crippen molar-refractivity contribution in [1.82, 2.24) is 0 Å². The van der Waals surface area contributed by atoms with Crippen molar-refractivity contribution in [3.05, 3.63) is 40.8 Å². The molecular formula is C12H13NO2. The quantitative estimate of drug-likeness (QED) is 0.763. The molecule has 2 aromatic rings. The third-order valence-corrected chi connectivity index (χ3v) is 2.07. The van der Waals surface area contributed by atoms with E-state index >= 15 is 0 Å². The second-order valence-electron chi connectivity index (χ2n) is 3.81. The minimum atomic E-state index is -0.313. The summed E-state index contributed by atoms with van der Waals surface area (Å²) < 4.78 is 5.04. The van der Waals surface area contributed by atoms with Gasteiger partial charge in [-0.3, -0.25) is 0 Å². The van der Waals surface area contributed by atoms with Gasteiger partial charge in [0.05, 0.1) is 0 Å². The molecule has 2 rings (SSSR count). The highest BCUT2D eigenvalue weighted by atomic mass is 16.4. The van der Waals surface area contributed by atoms with Crippen molar-refractivity contribution >= 4 is 16.7 Å². The maximum absolute atomic E-state index is 11.0. The molecule has 0 aliphatic carbocycles. The summed E-state index contributed by atoms with van der Waals surface area (Å²) in [5, 5.41) is 4.22. The summed E-state index contributed by atoms with van der Waals surface area (Å²) in [5.41, 5.74) is 1.34. The van der Waals surface area contributed by atoms with Crippen LogP contribution in [0, 0.1) is 0 Å². The van der Waals surface area contributed by atoms with Gasteiger partial charge in [-0.05, 0) is 38.1 Å². The van der Waals surface area contributed by atoms with E-state index in [4.69, 9.17) is 4.42 Å². The van der Waals surface area contributed by atoms with E-state index < -0.39 is 0 Å². The molecule has 0 fully saturated rings. The molecule has 0 spiro atoms. The molecule has 15 heavy (non-hydrogen) atoms. The zero-order valence-electron chi connectivity index (χ0n) is 8.78. The highest BCUT2D eigenvalue weighted by molar-refractivity contribution is 5.80. The van der Waals surface area contributed by atoms with Crippen LogP contribution in [0.25, 0.3) is 11.0 Å². The molecule has 1 aromatic heterocycles. The molecule has 0 amide bonds. The Kier molecular flexibility index (Phi) is 2.46. The summed E-state index contributed by atoms with van der Waals surface area (Å²) in [6.07, 6.45) is 0. The predicted octanol–water partition coefficient (Wildman–Crippen LogP) is 2.61. The van der Waals surface area contributed by atoms with Crippen LogP contribution in [0.1, 0.15) is 13.8 Å². The van der Waals surface area contributed by atoms with E-state index in [1.165, 1.54) is 6.07 Å². The van der Waals surface area contributed by atoms with Crippen LogP contribution in [-0.2, 0) is 0 Å². The van der Waals surface area contributed by atoms with E-state index in [2.05, 4.69) is 19.2 Å². The molecule has 1 aromatic carbocycles. The number of fused-ring (bicyclic) bond motifs is 1. The molecule has 0 aliphatic heterocycles. The number of anilines is 1. The summed E-state index contributed by atoms with van der Waals surface area (Å²) in [6.45, 7) is 4.16. The topological polar surface area (TPSA) is 42.2 Å². The molecule has 0 radical (unpaired) electrons. The van der Waals surface area contributed by atoms with E-state index in [0.717, 1.165) is 11.1 Å². The fraction of sp³-hybridized carbons (Fsp3) is 0.250. The largest absolute Gasteiger partial charge is 0.423 e. The van der Waals surface area contributed by atoms with Crippen LogP contribution in [0.4, 0.5) is 5.69 Å². The molecule has 0 atom stereocenters. The molecule has 0 unspecified atom stereocenters. The minimum Gasteiger partial charge on any atom is -0.423 e. The first-order valence-electron chi connectivity index (χ1n) is 4.95. The van der Waals surface area contributed by atoms with Gasteiger partial charge < -0.3 is 9.73 Å². The monoisotopic (exact) mass is 203 g/mol. The molecule has 0 aliphatic rings. The first-order valence-corrected chi connectivity index (χ1v) is 4.95. The fourth-order valence-corrected chi connectivity index (χ4v) is 1.49. The molecule has 0 bridgehead atoms. The Morgan fingerprint density at radius 3 is 2.73 bits per heavy atom. The second-order valence-corrected chi connectivity index (χ2v) is 3.81. The van der Waals surface area contributed by atoms with Crippen LogP contribution in [0.2, 0.25) is 0 Å². The molecule has 0 saturated heterocycles. The Morgan fingerprint density at radius 2 is 2.00 bits per heavy atom. The average Bonchev–Trinajstić information content (AvgIpc) is 2.17. The van der Waals surface area contributed by atoms with Gasteiger partial charge in [-0.2, -0.15) is 0 Å². The second kappa shape index (κ2) is 3.77. The Balaban J connectivity index is 2.47. The molecule has 3 heteroatoms. The average molecular weight is 203 g/mol. The van der Waals surface area contributed by atoms with E-state index in [0.29, 0.717) is 11.6 Å². The standard InChI is InChI=1S/C12H13NO2/c1-8(2)13-10-4-5-11-9(7-10)3-6-12(14)15-11/h3-8,13H,1-2H3. The zero-order chi connectivity index (χ0) is 10.8. The Hall–Kier alpha value is -1.77. The van der Waals surface area contributed by atoms with Gasteiger partial charge in [0.15, 0.2) is 0 Å². The highest BCUT2D eigenvalue weighted by Gasteiger charge is 1.99. The highest BCUT2D eigenvalue weighted by Crippen LogP contribution is 2.17. The minimum absolute atomic E-state index is 0.313. The Morgan fingerprint density at radius 1 is 1.20 bits per heavy atom.